The highest BCUT2D eigenvalue weighted by atomic mass is 32.2. The normalized spacial score (nSPS) is 10.4. The van der Waals surface area contributed by atoms with E-state index in [4.69, 9.17) is 4.74 Å². The number of benzene rings is 2. The molecule has 0 bridgehead atoms. The average Bonchev–Trinajstić information content (AvgIpc) is 3.20. The molecule has 0 aliphatic heterocycles. The van der Waals surface area contributed by atoms with Crippen molar-refractivity contribution in [3.8, 4) is 17.1 Å². The number of nitrogens with zero attached hydrogens (tertiary/aromatic N) is 3. The van der Waals surface area contributed by atoms with Crippen LogP contribution < -0.4 is 10.1 Å². The Morgan fingerprint density at radius 2 is 1.94 bits per heavy atom. The Kier molecular flexibility index (Phi) is 7.45. The van der Waals surface area contributed by atoms with Crippen LogP contribution in [0.15, 0.2) is 66.3 Å². The monoisotopic (exact) mass is 438 g/mol. The van der Waals surface area contributed by atoms with Crippen LogP contribution in [0.5, 0.6) is 5.75 Å². The molecule has 0 unspecified atom stereocenters. The highest BCUT2D eigenvalue weighted by molar-refractivity contribution is 7.99. The van der Waals surface area contributed by atoms with Crippen LogP contribution in [0.3, 0.4) is 0 Å². The van der Waals surface area contributed by atoms with E-state index in [0.717, 1.165) is 11.3 Å². The number of rotatable bonds is 9. The molecule has 31 heavy (non-hydrogen) atoms. The maximum Gasteiger partial charge on any atom is 0.337 e. The highest BCUT2D eigenvalue weighted by Gasteiger charge is 2.16. The minimum absolute atomic E-state index is 0.145. The lowest BCUT2D eigenvalue weighted by Crippen LogP contribution is -2.15. The summed E-state index contributed by atoms with van der Waals surface area (Å²) in [5, 5.41) is 11.9. The number of hydrogen-bond donors (Lipinski definition) is 1. The van der Waals surface area contributed by atoms with Gasteiger partial charge in [-0.1, -0.05) is 30.0 Å². The molecular formula is C22H22N4O4S. The molecular weight excluding hydrogens is 416 g/mol. The van der Waals surface area contributed by atoms with Gasteiger partial charge in [-0.05, 0) is 36.4 Å². The van der Waals surface area contributed by atoms with Gasteiger partial charge in [-0.25, -0.2) is 4.79 Å². The molecule has 3 aromatic rings. The van der Waals surface area contributed by atoms with E-state index >= 15 is 0 Å². The Hall–Kier alpha value is -3.59. The van der Waals surface area contributed by atoms with Gasteiger partial charge in [-0.2, -0.15) is 0 Å². The number of thioether (sulfide) groups is 1. The number of carbonyl (C=O) groups excluding carboxylic acids is 2. The Labute approximate surface area is 184 Å². The fraction of sp³-hybridized carbons (Fsp3) is 0.182. The second kappa shape index (κ2) is 10.4. The first-order valence-corrected chi connectivity index (χ1v) is 10.3. The Bertz CT molecular complexity index is 1080. The second-order valence-electron chi connectivity index (χ2n) is 6.34. The summed E-state index contributed by atoms with van der Waals surface area (Å²) in [6.45, 7) is 4.30. The summed E-state index contributed by atoms with van der Waals surface area (Å²) in [4.78, 5) is 23.9. The summed E-state index contributed by atoms with van der Waals surface area (Å²) in [7, 11) is 2.93. The SMILES string of the molecule is C=CCn1c(SCC(=O)Nc2ccc(C(=O)OC)cc2)nnc1-c1cccc(OC)c1. The highest BCUT2D eigenvalue weighted by Crippen LogP contribution is 2.26. The van der Waals surface area contributed by atoms with Crippen molar-refractivity contribution in [3.05, 3.63) is 66.7 Å². The minimum atomic E-state index is -0.429. The van der Waals surface area contributed by atoms with Crippen LogP contribution in [0.2, 0.25) is 0 Å². The number of hydrogen-bond acceptors (Lipinski definition) is 7. The van der Waals surface area contributed by atoms with Crippen LogP contribution in [-0.4, -0.2) is 46.6 Å². The van der Waals surface area contributed by atoms with E-state index in [1.54, 1.807) is 37.5 Å². The summed E-state index contributed by atoms with van der Waals surface area (Å²) < 4.78 is 11.8. The van der Waals surface area contributed by atoms with Crippen molar-refractivity contribution < 1.29 is 19.1 Å². The molecule has 8 nitrogen and oxygen atoms in total. The number of ether oxygens (including phenoxy) is 2. The van der Waals surface area contributed by atoms with Crippen LogP contribution in [0.4, 0.5) is 5.69 Å². The third kappa shape index (κ3) is 5.52. The van der Waals surface area contributed by atoms with E-state index in [2.05, 4.69) is 26.8 Å². The van der Waals surface area contributed by atoms with Crippen LogP contribution in [-0.2, 0) is 16.1 Å². The molecule has 0 saturated heterocycles. The molecule has 0 aliphatic rings. The van der Waals surface area contributed by atoms with Crippen LogP contribution in [0.1, 0.15) is 10.4 Å². The van der Waals surface area contributed by atoms with E-state index in [1.165, 1.54) is 18.9 Å². The molecule has 1 heterocycles. The summed E-state index contributed by atoms with van der Waals surface area (Å²) in [5.41, 5.74) is 1.86. The van der Waals surface area contributed by atoms with Gasteiger partial charge in [0.25, 0.3) is 0 Å². The smallest absolute Gasteiger partial charge is 0.337 e. The number of aromatic nitrogens is 3. The van der Waals surface area contributed by atoms with E-state index in [-0.39, 0.29) is 11.7 Å². The average molecular weight is 439 g/mol. The molecule has 0 atom stereocenters. The van der Waals surface area contributed by atoms with E-state index in [1.807, 2.05) is 28.8 Å². The Morgan fingerprint density at radius 3 is 2.61 bits per heavy atom. The first-order valence-electron chi connectivity index (χ1n) is 9.35. The van der Waals surface area contributed by atoms with Gasteiger partial charge in [0.2, 0.25) is 5.91 Å². The number of carbonyl (C=O) groups is 2. The Balaban J connectivity index is 1.68. The van der Waals surface area contributed by atoms with Gasteiger partial charge in [-0.3, -0.25) is 9.36 Å². The van der Waals surface area contributed by atoms with Gasteiger partial charge in [0.15, 0.2) is 11.0 Å². The first kappa shape index (κ1) is 22.1. The molecule has 0 radical (unpaired) electrons. The number of methoxy groups -OCH3 is 2. The second-order valence-corrected chi connectivity index (χ2v) is 7.29. The molecule has 1 aromatic heterocycles. The maximum atomic E-state index is 12.4. The molecule has 1 N–H and O–H groups in total. The molecule has 0 aliphatic carbocycles. The van der Waals surface area contributed by atoms with Crippen LogP contribution >= 0.6 is 11.8 Å². The van der Waals surface area contributed by atoms with Crippen LogP contribution in [0, 0.1) is 0 Å². The van der Waals surface area contributed by atoms with Crippen molar-refractivity contribution in [1.82, 2.24) is 14.8 Å². The zero-order chi connectivity index (χ0) is 22.2. The molecule has 0 saturated carbocycles. The molecule has 0 fully saturated rings. The maximum absolute atomic E-state index is 12.4. The van der Waals surface area contributed by atoms with Gasteiger partial charge >= 0.3 is 5.97 Å². The largest absolute Gasteiger partial charge is 0.497 e. The van der Waals surface area contributed by atoms with Crippen molar-refractivity contribution in [2.24, 2.45) is 0 Å². The summed E-state index contributed by atoms with van der Waals surface area (Å²) in [6, 6.07) is 14.0. The first-order chi connectivity index (χ1) is 15.0. The van der Waals surface area contributed by atoms with Crippen molar-refractivity contribution in [1.29, 1.82) is 0 Å². The van der Waals surface area contributed by atoms with Crippen molar-refractivity contribution in [2.45, 2.75) is 11.7 Å². The zero-order valence-electron chi connectivity index (χ0n) is 17.2. The summed E-state index contributed by atoms with van der Waals surface area (Å²) in [6.07, 6.45) is 1.75. The fourth-order valence-electron chi connectivity index (χ4n) is 2.80. The molecule has 160 valence electrons. The van der Waals surface area contributed by atoms with Crippen LogP contribution in [0.25, 0.3) is 11.4 Å². The topological polar surface area (TPSA) is 95.3 Å². The van der Waals surface area contributed by atoms with E-state index in [9.17, 15) is 9.59 Å². The van der Waals surface area contributed by atoms with Gasteiger partial charge in [0.05, 0.1) is 25.5 Å². The Morgan fingerprint density at radius 1 is 1.16 bits per heavy atom. The van der Waals surface area contributed by atoms with Crippen molar-refractivity contribution >= 4 is 29.3 Å². The standard InChI is InChI=1S/C22H22N4O4S/c1-4-12-26-20(16-6-5-7-18(13-16)29-2)24-25-22(26)31-14-19(27)23-17-10-8-15(9-11-17)21(28)30-3/h4-11,13H,1,12,14H2,2-3H3,(H,23,27). The lowest BCUT2D eigenvalue weighted by atomic mass is 10.2. The third-order valence-corrected chi connectivity index (χ3v) is 5.25. The molecule has 9 heteroatoms. The predicted octanol–water partition coefficient (Wildman–Crippen LogP) is 3.66. The number of nitrogens with one attached hydrogen (secondary N) is 1. The lowest BCUT2D eigenvalue weighted by Gasteiger charge is -2.09. The van der Waals surface area contributed by atoms with E-state index < -0.39 is 5.97 Å². The fourth-order valence-corrected chi connectivity index (χ4v) is 3.55. The zero-order valence-corrected chi connectivity index (χ0v) is 18.0. The number of amides is 1. The van der Waals surface area contributed by atoms with Gasteiger partial charge in [0, 0.05) is 17.8 Å². The minimum Gasteiger partial charge on any atom is -0.497 e. The number of anilines is 1. The summed E-state index contributed by atoms with van der Waals surface area (Å²) >= 11 is 1.28. The van der Waals surface area contributed by atoms with Gasteiger partial charge in [-0.15, -0.1) is 16.8 Å². The molecule has 3 rings (SSSR count). The van der Waals surface area contributed by atoms with Gasteiger partial charge < -0.3 is 14.8 Å². The third-order valence-electron chi connectivity index (χ3n) is 4.28. The number of allylic oxidation sites excluding steroid dienone is 1. The molecule has 1 amide bonds. The number of esters is 1. The lowest BCUT2D eigenvalue weighted by molar-refractivity contribution is -0.113. The predicted molar refractivity (Wildman–Crippen MR) is 119 cm³/mol. The summed E-state index contributed by atoms with van der Waals surface area (Å²) in [5.74, 6) is 0.901. The van der Waals surface area contributed by atoms with E-state index in [0.29, 0.717) is 28.8 Å². The quantitative estimate of drug-likeness (QED) is 0.309. The molecule has 2 aromatic carbocycles. The van der Waals surface area contributed by atoms with Gasteiger partial charge in [0.1, 0.15) is 5.75 Å². The van der Waals surface area contributed by atoms with Crippen molar-refractivity contribution in [2.75, 3.05) is 25.3 Å². The molecule has 0 spiro atoms. The van der Waals surface area contributed by atoms with Crippen molar-refractivity contribution in [3.63, 3.8) is 0 Å².